The van der Waals surface area contributed by atoms with E-state index < -0.39 is 0 Å². The number of hydrogen-bond donors (Lipinski definition) is 0. The van der Waals surface area contributed by atoms with Crippen molar-refractivity contribution in [2.24, 2.45) is 11.8 Å². The van der Waals surface area contributed by atoms with Gasteiger partial charge in [-0.15, -0.1) is 0 Å². The van der Waals surface area contributed by atoms with E-state index in [1.165, 1.54) is 18.4 Å². The van der Waals surface area contributed by atoms with Crippen molar-refractivity contribution in [1.82, 2.24) is 9.80 Å². The number of benzene rings is 1. The van der Waals surface area contributed by atoms with Crippen LogP contribution in [-0.4, -0.2) is 34.8 Å². The minimum atomic E-state index is 0.292. The Hall–Kier alpha value is -2.03. The number of carbonyl (C=O) groups excluding carboxylic acids is 1. The Balaban J connectivity index is 1.53. The molecule has 4 atom stereocenters. The second kappa shape index (κ2) is 8.33. The van der Waals surface area contributed by atoms with Crippen LogP contribution in [0, 0.1) is 11.8 Å². The van der Waals surface area contributed by atoms with Gasteiger partial charge in [0.05, 0.1) is 6.04 Å². The van der Waals surface area contributed by atoms with Gasteiger partial charge in [-0.05, 0) is 30.7 Å². The molecular formula is C24H32N2O. The molecule has 1 amide bonds. The van der Waals surface area contributed by atoms with Crippen molar-refractivity contribution in [3.8, 4) is 0 Å². The maximum Gasteiger partial charge on any atom is 0.226 e. The highest BCUT2D eigenvalue weighted by atomic mass is 16.2. The SMILES string of the molecule is CCCCCC(=O)N1C=CN2CC(c3ccccc3)C3CCC=CC3C2C1. The van der Waals surface area contributed by atoms with Gasteiger partial charge in [-0.2, -0.15) is 0 Å². The highest BCUT2D eigenvalue weighted by Crippen LogP contribution is 2.45. The number of piperidine rings is 1. The first kappa shape index (κ1) is 18.3. The predicted octanol–water partition coefficient (Wildman–Crippen LogP) is 4.93. The lowest BCUT2D eigenvalue weighted by atomic mass is 9.66. The Morgan fingerprint density at radius 1 is 1.11 bits per heavy atom. The van der Waals surface area contributed by atoms with E-state index in [0.29, 0.717) is 36.1 Å². The average molecular weight is 365 g/mol. The quantitative estimate of drug-likeness (QED) is 0.546. The molecule has 0 N–H and O–H groups in total. The summed E-state index contributed by atoms with van der Waals surface area (Å²) in [6, 6.07) is 11.4. The van der Waals surface area contributed by atoms with Crippen LogP contribution in [0.3, 0.4) is 0 Å². The summed E-state index contributed by atoms with van der Waals surface area (Å²) in [5, 5.41) is 0. The molecule has 144 valence electrons. The fourth-order valence-electron chi connectivity index (χ4n) is 5.21. The van der Waals surface area contributed by atoms with Crippen molar-refractivity contribution in [3.05, 3.63) is 60.4 Å². The maximum atomic E-state index is 12.6. The molecule has 1 fully saturated rings. The number of nitrogens with zero attached hydrogens (tertiary/aromatic N) is 2. The second-order valence-corrected chi connectivity index (χ2v) is 8.33. The minimum absolute atomic E-state index is 0.292. The van der Waals surface area contributed by atoms with E-state index in [1.807, 2.05) is 11.1 Å². The van der Waals surface area contributed by atoms with E-state index in [1.54, 1.807) is 0 Å². The summed E-state index contributed by atoms with van der Waals surface area (Å²) < 4.78 is 0. The van der Waals surface area contributed by atoms with Crippen LogP contribution < -0.4 is 0 Å². The summed E-state index contributed by atoms with van der Waals surface area (Å²) in [7, 11) is 0. The molecule has 1 aliphatic carbocycles. The zero-order valence-electron chi connectivity index (χ0n) is 16.5. The van der Waals surface area contributed by atoms with Crippen LogP contribution in [0.25, 0.3) is 0 Å². The highest BCUT2D eigenvalue weighted by Gasteiger charge is 2.44. The summed E-state index contributed by atoms with van der Waals surface area (Å²) >= 11 is 0. The summed E-state index contributed by atoms with van der Waals surface area (Å²) in [6.45, 7) is 4.09. The first-order valence-corrected chi connectivity index (χ1v) is 10.7. The third-order valence-electron chi connectivity index (χ3n) is 6.68. The van der Waals surface area contributed by atoms with Crippen molar-refractivity contribution in [3.63, 3.8) is 0 Å². The summed E-state index contributed by atoms with van der Waals surface area (Å²) in [6.07, 6.45) is 15.5. The molecule has 0 radical (unpaired) electrons. The van der Waals surface area contributed by atoms with Crippen molar-refractivity contribution >= 4 is 5.91 Å². The Bertz CT molecular complexity index is 696. The molecule has 2 aliphatic heterocycles. The average Bonchev–Trinajstić information content (AvgIpc) is 2.73. The summed E-state index contributed by atoms with van der Waals surface area (Å²) in [4.78, 5) is 17.1. The Labute approximate surface area is 163 Å². The Kier molecular flexibility index (Phi) is 5.66. The van der Waals surface area contributed by atoms with Gasteiger partial charge in [0.1, 0.15) is 0 Å². The molecule has 4 unspecified atom stereocenters. The number of fused-ring (bicyclic) bond motifs is 3. The molecule has 0 bridgehead atoms. The van der Waals surface area contributed by atoms with Crippen LogP contribution in [0.5, 0.6) is 0 Å². The molecule has 1 aromatic carbocycles. The normalized spacial score (nSPS) is 29.4. The van der Waals surface area contributed by atoms with Crippen LogP contribution in [-0.2, 0) is 4.79 Å². The smallest absolute Gasteiger partial charge is 0.226 e. The molecule has 27 heavy (non-hydrogen) atoms. The largest absolute Gasteiger partial charge is 0.370 e. The number of hydrogen-bond acceptors (Lipinski definition) is 2. The fraction of sp³-hybridized carbons (Fsp3) is 0.542. The van der Waals surface area contributed by atoms with Gasteiger partial charge in [0.25, 0.3) is 0 Å². The molecular weight excluding hydrogens is 332 g/mol. The van der Waals surface area contributed by atoms with Crippen LogP contribution in [0.1, 0.15) is 56.9 Å². The first-order valence-electron chi connectivity index (χ1n) is 10.7. The van der Waals surface area contributed by atoms with Crippen LogP contribution in [0.2, 0.25) is 0 Å². The highest BCUT2D eigenvalue weighted by molar-refractivity contribution is 5.77. The standard InChI is InChI=1S/C24H32N2O/c1-2-3-5-14-24(27)26-16-15-25-17-22(19-10-6-4-7-11-19)20-12-8-9-13-21(20)23(25)18-26/h4,6-7,9-11,13,15-16,20-23H,2-3,5,8,12,14,17-18H2,1H3. The zero-order valence-corrected chi connectivity index (χ0v) is 16.5. The van der Waals surface area contributed by atoms with Crippen molar-refractivity contribution < 1.29 is 4.79 Å². The van der Waals surface area contributed by atoms with Crippen LogP contribution >= 0.6 is 0 Å². The van der Waals surface area contributed by atoms with Gasteiger partial charge in [0.2, 0.25) is 5.91 Å². The van der Waals surface area contributed by atoms with Crippen LogP contribution in [0.4, 0.5) is 0 Å². The Morgan fingerprint density at radius 3 is 2.78 bits per heavy atom. The lowest BCUT2D eigenvalue weighted by molar-refractivity contribution is -0.130. The summed E-state index contributed by atoms with van der Waals surface area (Å²) in [5.74, 6) is 2.09. The van der Waals surface area contributed by atoms with Gasteiger partial charge in [0.15, 0.2) is 0 Å². The molecule has 1 saturated heterocycles. The van der Waals surface area contributed by atoms with Gasteiger partial charge in [-0.1, -0.05) is 62.2 Å². The molecule has 0 saturated carbocycles. The van der Waals surface area contributed by atoms with E-state index in [0.717, 1.165) is 32.4 Å². The van der Waals surface area contributed by atoms with Gasteiger partial charge >= 0.3 is 0 Å². The second-order valence-electron chi connectivity index (χ2n) is 8.33. The number of amides is 1. The number of carbonyl (C=O) groups is 1. The lowest BCUT2D eigenvalue weighted by Crippen LogP contribution is -2.56. The van der Waals surface area contributed by atoms with E-state index in [9.17, 15) is 4.79 Å². The third-order valence-corrected chi connectivity index (χ3v) is 6.68. The number of unbranched alkanes of at least 4 members (excludes halogenated alkanes) is 2. The van der Waals surface area contributed by atoms with Gasteiger partial charge in [0, 0.05) is 43.7 Å². The monoisotopic (exact) mass is 364 g/mol. The van der Waals surface area contributed by atoms with Gasteiger partial charge in [-0.25, -0.2) is 0 Å². The topological polar surface area (TPSA) is 23.6 Å². The molecule has 1 aromatic rings. The summed E-state index contributed by atoms with van der Waals surface area (Å²) in [5.41, 5.74) is 1.47. The molecule has 2 heterocycles. The van der Waals surface area contributed by atoms with Gasteiger partial charge < -0.3 is 9.80 Å². The zero-order chi connectivity index (χ0) is 18.6. The van der Waals surface area contributed by atoms with Crippen LogP contribution in [0.15, 0.2) is 54.9 Å². The third kappa shape index (κ3) is 3.83. The first-order chi connectivity index (χ1) is 13.3. The van der Waals surface area contributed by atoms with E-state index >= 15 is 0 Å². The lowest BCUT2D eigenvalue weighted by Gasteiger charge is -2.52. The van der Waals surface area contributed by atoms with E-state index in [-0.39, 0.29) is 0 Å². The van der Waals surface area contributed by atoms with Crippen molar-refractivity contribution in [2.75, 3.05) is 13.1 Å². The molecule has 3 nitrogen and oxygen atoms in total. The minimum Gasteiger partial charge on any atom is -0.370 e. The molecule has 3 heteroatoms. The van der Waals surface area contributed by atoms with Crippen molar-refractivity contribution in [1.29, 1.82) is 0 Å². The predicted molar refractivity (Wildman–Crippen MR) is 110 cm³/mol. The van der Waals surface area contributed by atoms with Gasteiger partial charge in [-0.3, -0.25) is 4.79 Å². The Morgan fingerprint density at radius 2 is 1.96 bits per heavy atom. The van der Waals surface area contributed by atoms with E-state index in [2.05, 4.69) is 60.5 Å². The maximum absolute atomic E-state index is 12.6. The van der Waals surface area contributed by atoms with E-state index in [4.69, 9.17) is 0 Å². The fourth-order valence-corrected chi connectivity index (χ4v) is 5.21. The molecule has 0 aromatic heterocycles. The molecule has 4 rings (SSSR count). The number of rotatable bonds is 5. The molecule has 3 aliphatic rings. The molecule has 0 spiro atoms. The van der Waals surface area contributed by atoms with Crippen molar-refractivity contribution in [2.45, 2.75) is 57.4 Å². The number of allylic oxidation sites excluding steroid dienone is 1.